The van der Waals surface area contributed by atoms with Crippen LogP contribution in [0.1, 0.15) is 27.5 Å². The predicted molar refractivity (Wildman–Crippen MR) is 71.5 cm³/mol. The first kappa shape index (κ1) is 20.0. The lowest BCUT2D eigenvalue weighted by molar-refractivity contribution is -0.291. The van der Waals surface area contributed by atoms with E-state index in [1.165, 1.54) is 0 Å². The maximum Gasteiger partial charge on any atom is 0.575 e. The molecule has 0 aliphatic heterocycles. The van der Waals surface area contributed by atoms with E-state index in [-0.39, 0.29) is 5.56 Å². The Bertz CT molecular complexity index is 821. The Balaban J connectivity index is 2.31. The van der Waals surface area contributed by atoms with Gasteiger partial charge in [0.25, 0.3) is 0 Å². The van der Waals surface area contributed by atoms with Gasteiger partial charge in [0, 0.05) is 10.9 Å². The predicted octanol–water partition coefficient (Wildman–Crippen LogP) is 4.57. The SMILES string of the molecule is O=C(OC(F)(F)F)c1c(F)cc(Cc2nc(C(F)(F)F)oc2O)cc1Br. The molecule has 142 valence electrons. The number of nitrogens with zero attached hydrogens (tertiary/aromatic N) is 1. The lowest BCUT2D eigenvalue weighted by Gasteiger charge is -2.10. The summed E-state index contributed by atoms with van der Waals surface area (Å²) in [6.07, 6.45) is -10.9. The van der Waals surface area contributed by atoms with Crippen molar-refractivity contribution in [3.63, 3.8) is 0 Å². The van der Waals surface area contributed by atoms with Crippen LogP contribution in [0.4, 0.5) is 30.7 Å². The molecule has 5 nitrogen and oxygen atoms in total. The van der Waals surface area contributed by atoms with Crippen molar-refractivity contribution >= 4 is 21.9 Å². The van der Waals surface area contributed by atoms with Crippen molar-refractivity contribution < 1.29 is 49.8 Å². The van der Waals surface area contributed by atoms with Crippen molar-refractivity contribution in [2.45, 2.75) is 19.0 Å². The molecule has 0 saturated carbocycles. The van der Waals surface area contributed by atoms with E-state index in [9.17, 15) is 40.6 Å². The minimum atomic E-state index is -5.33. The fraction of sp³-hybridized carbons (Fsp3) is 0.231. The van der Waals surface area contributed by atoms with Crippen LogP contribution < -0.4 is 0 Å². The zero-order chi connectivity index (χ0) is 19.9. The molecule has 0 unspecified atom stereocenters. The number of hydrogen-bond donors (Lipinski definition) is 1. The Labute approximate surface area is 147 Å². The van der Waals surface area contributed by atoms with E-state index < -0.39 is 58.3 Å². The summed E-state index contributed by atoms with van der Waals surface area (Å²) in [5.41, 5.74) is -1.77. The number of oxazole rings is 1. The molecule has 0 saturated heterocycles. The number of carbonyl (C=O) groups excluding carboxylic acids is 1. The number of aromatic nitrogens is 1. The van der Waals surface area contributed by atoms with E-state index in [1.54, 1.807) is 0 Å². The standard InChI is InChI=1S/C13H5BrF7NO4/c14-5-1-4(2-6(15)8(5)10(24)26-13(19,20)21)3-7-9(23)25-11(22-7)12(16,17)18/h1-2,23H,3H2. The number of hydrogen-bond acceptors (Lipinski definition) is 5. The van der Waals surface area contributed by atoms with E-state index in [0.717, 1.165) is 6.07 Å². The first-order valence-corrected chi connectivity index (χ1v) is 7.11. The normalized spacial score (nSPS) is 12.3. The second-order valence-electron chi connectivity index (χ2n) is 4.72. The molecule has 0 fully saturated rings. The minimum absolute atomic E-state index is 0.116. The van der Waals surface area contributed by atoms with Gasteiger partial charge in [-0.3, -0.25) is 0 Å². The average molecular weight is 452 g/mol. The summed E-state index contributed by atoms with van der Waals surface area (Å²) in [5.74, 6) is -6.33. The third-order valence-electron chi connectivity index (χ3n) is 2.81. The fourth-order valence-electron chi connectivity index (χ4n) is 1.85. The number of alkyl halides is 6. The second kappa shape index (κ2) is 6.78. The van der Waals surface area contributed by atoms with Crippen LogP contribution in [0.25, 0.3) is 0 Å². The van der Waals surface area contributed by atoms with Gasteiger partial charge in [-0.05, 0) is 33.6 Å². The maximum atomic E-state index is 13.9. The van der Waals surface area contributed by atoms with Crippen molar-refractivity contribution in [3.05, 3.63) is 45.1 Å². The van der Waals surface area contributed by atoms with Gasteiger partial charge in [-0.15, -0.1) is 13.2 Å². The molecule has 1 heterocycles. The summed E-state index contributed by atoms with van der Waals surface area (Å²) in [5, 5.41) is 9.33. The highest BCUT2D eigenvalue weighted by Gasteiger charge is 2.39. The Kier molecular flexibility index (Phi) is 5.21. The molecular formula is C13H5BrF7NO4. The van der Waals surface area contributed by atoms with Gasteiger partial charge in [-0.1, -0.05) is 0 Å². The Morgan fingerprint density at radius 2 is 1.85 bits per heavy atom. The van der Waals surface area contributed by atoms with Crippen LogP contribution in [0.2, 0.25) is 0 Å². The molecule has 2 rings (SSSR count). The molecule has 2 aromatic rings. The van der Waals surface area contributed by atoms with Gasteiger partial charge in [0.05, 0.1) is 0 Å². The number of benzene rings is 1. The van der Waals surface area contributed by atoms with Crippen LogP contribution in [0.15, 0.2) is 21.0 Å². The lowest BCUT2D eigenvalue weighted by Crippen LogP contribution is -2.20. The van der Waals surface area contributed by atoms with E-state index in [2.05, 4.69) is 30.1 Å². The first-order valence-electron chi connectivity index (χ1n) is 6.32. The van der Waals surface area contributed by atoms with Gasteiger partial charge in [0.2, 0.25) is 0 Å². The molecule has 0 amide bonds. The minimum Gasteiger partial charge on any atom is -0.479 e. The lowest BCUT2D eigenvalue weighted by atomic mass is 10.1. The van der Waals surface area contributed by atoms with E-state index in [4.69, 9.17) is 0 Å². The molecular weight excluding hydrogens is 447 g/mol. The summed E-state index contributed by atoms with van der Waals surface area (Å²) in [6, 6.07) is 1.54. The van der Waals surface area contributed by atoms with Gasteiger partial charge < -0.3 is 14.3 Å². The molecule has 0 bridgehead atoms. The molecule has 0 atom stereocenters. The molecule has 1 aromatic carbocycles. The van der Waals surface area contributed by atoms with Crippen LogP contribution in [-0.4, -0.2) is 22.4 Å². The largest absolute Gasteiger partial charge is 0.575 e. The van der Waals surface area contributed by atoms with Gasteiger partial charge >= 0.3 is 30.3 Å². The van der Waals surface area contributed by atoms with Crippen LogP contribution >= 0.6 is 15.9 Å². The number of aromatic hydroxyl groups is 1. The molecule has 0 spiro atoms. The number of rotatable bonds is 3. The van der Waals surface area contributed by atoms with Crippen LogP contribution in [0, 0.1) is 5.82 Å². The Morgan fingerprint density at radius 1 is 1.23 bits per heavy atom. The quantitative estimate of drug-likeness (QED) is 0.546. The molecule has 0 radical (unpaired) electrons. The second-order valence-corrected chi connectivity index (χ2v) is 5.57. The van der Waals surface area contributed by atoms with Gasteiger partial charge in [0.15, 0.2) is 0 Å². The molecule has 0 aliphatic rings. The van der Waals surface area contributed by atoms with Crippen LogP contribution in [0.3, 0.4) is 0 Å². The highest BCUT2D eigenvalue weighted by Crippen LogP contribution is 2.34. The summed E-state index contributed by atoms with van der Waals surface area (Å²) in [6.45, 7) is 0. The van der Waals surface area contributed by atoms with E-state index in [0.29, 0.717) is 6.07 Å². The molecule has 0 aliphatic carbocycles. The first-order chi connectivity index (χ1) is 11.8. The molecule has 1 N–H and O–H groups in total. The third-order valence-corrected chi connectivity index (χ3v) is 3.43. The summed E-state index contributed by atoms with van der Waals surface area (Å²) < 4.78 is 94.1. The Morgan fingerprint density at radius 3 is 2.31 bits per heavy atom. The number of halogens is 8. The maximum absolute atomic E-state index is 13.9. The summed E-state index contributed by atoms with van der Waals surface area (Å²) in [7, 11) is 0. The summed E-state index contributed by atoms with van der Waals surface area (Å²) >= 11 is 2.68. The smallest absolute Gasteiger partial charge is 0.479 e. The Hall–Kier alpha value is -2.31. The number of esters is 1. The van der Waals surface area contributed by atoms with E-state index in [1.807, 2.05) is 0 Å². The zero-order valence-electron chi connectivity index (χ0n) is 12.0. The zero-order valence-corrected chi connectivity index (χ0v) is 13.6. The fourth-order valence-corrected chi connectivity index (χ4v) is 2.50. The van der Waals surface area contributed by atoms with Crippen LogP contribution in [-0.2, 0) is 17.3 Å². The highest BCUT2D eigenvalue weighted by atomic mass is 79.9. The monoisotopic (exact) mass is 451 g/mol. The van der Waals surface area contributed by atoms with Crippen molar-refractivity contribution in [2.75, 3.05) is 0 Å². The summed E-state index contributed by atoms with van der Waals surface area (Å²) in [4.78, 5) is 14.4. The molecule has 26 heavy (non-hydrogen) atoms. The van der Waals surface area contributed by atoms with Gasteiger partial charge in [-0.2, -0.15) is 13.2 Å². The van der Waals surface area contributed by atoms with Crippen molar-refractivity contribution in [2.24, 2.45) is 0 Å². The van der Waals surface area contributed by atoms with Crippen molar-refractivity contribution in [3.8, 4) is 5.95 Å². The van der Waals surface area contributed by atoms with Gasteiger partial charge in [-0.25, -0.2) is 14.2 Å². The van der Waals surface area contributed by atoms with Crippen molar-refractivity contribution in [1.29, 1.82) is 0 Å². The van der Waals surface area contributed by atoms with Crippen molar-refractivity contribution in [1.82, 2.24) is 4.98 Å². The third kappa shape index (κ3) is 4.65. The average Bonchev–Trinajstić information content (AvgIpc) is 2.77. The highest BCUT2D eigenvalue weighted by molar-refractivity contribution is 9.10. The van der Waals surface area contributed by atoms with Gasteiger partial charge in [0.1, 0.15) is 17.1 Å². The molecule has 13 heteroatoms. The number of carbonyl (C=O) groups is 1. The number of ether oxygens (including phenoxy) is 1. The van der Waals surface area contributed by atoms with Crippen LogP contribution in [0.5, 0.6) is 5.95 Å². The van der Waals surface area contributed by atoms with E-state index >= 15 is 0 Å². The topological polar surface area (TPSA) is 72.6 Å². The molecule has 1 aromatic heterocycles.